The number of carbonyl (C=O) groups is 4. The molecule has 0 saturated heterocycles. The first-order valence-electron chi connectivity index (χ1n) is 19.8. The van der Waals surface area contributed by atoms with Crippen LogP contribution < -0.4 is 16.0 Å². The van der Waals surface area contributed by atoms with Gasteiger partial charge in [-0.05, 0) is 137 Å². The van der Waals surface area contributed by atoms with Crippen molar-refractivity contribution in [1.82, 2.24) is 16.0 Å². The van der Waals surface area contributed by atoms with Crippen LogP contribution in [0.15, 0.2) is 42.5 Å². The highest BCUT2D eigenvalue weighted by molar-refractivity contribution is 6.74. The molecule has 0 aliphatic heterocycles. The molecule has 0 heterocycles. The van der Waals surface area contributed by atoms with Gasteiger partial charge in [-0.2, -0.15) is 0 Å². The number of carbonyl (C=O) groups excluding carboxylic acids is 4. The van der Waals surface area contributed by atoms with Crippen LogP contribution in [0.1, 0.15) is 114 Å². The summed E-state index contributed by atoms with van der Waals surface area (Å²) in [6.45, 7) is 19.4. The van der Waals surface area contributed by atoms with Crippen molar-refractivity contribution in [3.05, 3.63) is 59.2 Å². The summed E-state index contributed by atoms with van der Waals surface area (Å²) < 4.78 is 17.0. The fourth-order valence-corrected chi connectivity index (χ4v) is 8.59. The van der Waals surface area contributed by atoms with Crippen LogP contribution in [0.25, 0.3) is 11.1 Å². The quantitative estimate of drug-likeness (QED) is 0.147. The molecule has 2 aromatic rings. The van der Waals surface area contributed by atoms with Gasteiger partial charge in [-0.3, -0.25) is 9.59 Å². The second-order valence-electron chi connectivity index (χ2n) is 17.9. The van der Waals surface area contributed by atoms with Gasteiger partial charge in [-0.1, -0.05) is 51.1 Å². The molecule has 54 heavy (non-hydrogen) atoms. The van der Waals surface area contributed by atoms with Gasteiger partial charge in [0.05, 0.1) is 7.11 Å². The predicted octanol–water partition coefficient (Wildman–Crippen LogP) is 8.26. The van der Waals surface area contributed by atoms with Gasteiger partial charge in [-0.25, -0.2) is 9.59 Å². The Balaban J connectivity index is 1.27. The monoisotopic (exact) mass is 763 g/mol. The molecule has 2 fully saturated rings. The molecular formula is C43H65N3O7Si. The van der Waals surface area contributed by atoms with Crippen molar-refractivity contribution < 1.29 is 33.1 Å². The van der Waals surface area contributed by atoms with Crippen LogP contribution in [0, 0.1) is 18.8 Å². The fraction of sp³-hybridized carbons (Fsp3) is 0.628. The van der Waals surface area contributed by atoms with Crippen molar-refractivity contribution in [3.63, 3.8) is 0 Å². The summed E-state index contributed by atoms with van der Waals surface area (Å²) in [7, 11) is -0.481. The number of nitrogens with one attached hydrogen (secondary N) is 3. The van der Waals surface area contributed by atoms with Crippen molar-refractivity contribution in [2.75, 3.05) is 13.7 Å². The van der Waals surface area contributed by atoms with E-state index in [2.05, 4.69) is 49.8 Å². The smallest absolute Gasteiger partial charge is 0.407 e. The largest absolute Gasteiger partial charge is 0.467 e. The van der Waals surface area contributed by atoms with Crippen LogP contribution in [0.2, 0.25) is 18.1 Å². The lowest BCUT2D eigenvalue weighted by Gasteiger charge is -2.41. The first kappa shape index (κ1) is 43.0. The van der Waals surface area contributed by atoms with E-state index in [1.807, 2.05) is 70.2 Å². The molecule has 10 nitrogen and oxygen atoms in total. The highest BCUT2D eigenvalue weighted by atomic mass is 28.4. The fourth-order valence-electron chi connectivity index (χ4n) is 7.17. The van der Waals surface area contributed by atoms with Crippen LogP contribution in [0.3, 0.4) is 0 Å². The number of esters is 1. The number of amides is 3. The molecule has 3 amide bonds. The van der Waals surface area contributed by atoms with E-state index in [9.17, 15) is 19.2 Å². The molecule has 2 aliphatic rings. The van der Waals surface area contributed by atoms with Crippen molar-refractivity contribution in [2.24, 2.45) is 11.8 Å². The zero-order valence-electron chi connectivity index (χ0n) is 34.4. The minimum Gasteiger partial charge on any atom is -0.467 e. The molecule has 0 aromatic heterocycles. The maximum absolute atomic E-state index is 13.3. The summed E-state index contributed by atoms with van der Waals surface area (Å²) in [6, 6.07) is 13.1. The van der Waals surface area contributed by atoms with Crippen LogP contribution in [-0.4, -0.2) is 69.6 Å². The number of hydrogen-bond acceptors (Lipinski definition) is 7. The summed E-state index contributed by atoms with van der Waals surface area (Å²) in [5, 5.41) is 9.23. The van der Waals surface area contributed by atoms with E-state index in [0.29, 0.717) is 31.4 Å². The molecule has 0 spiro atoms. The predicted molar refractivity (Wildman–Crippen MR) is 216 cm³/mol. The van der Waals surface area contributed by atoms with E-state index >= 15 is 0 Å². The molecule has 2 aliphatic carbocycles. The number of hydrogen-bond donors (Lipinski definition) is 3. The first-order valence-corrected chi connectivity index (χ1v) is 22.7. The first-order chi connectivity index (χ1) is 25.2. The van der Waals surface area contributed by atoms with E-state index in [4.69, 9.17) is 13.9 Å². The van der Waals surface area contributed by atoms with Crippen molar-refractivity contribution >= 4 is 32.2 Å². The number of ether oxygens (including phenoxy) is 2. The Labute approximate surface area is 324 Å². The van der Waals surface area contributed by atoms with Gasteiger partial charge in [-0.15, -0.1) is 0 Å². The van der Waals surface area contributed by atoms with E-state index in [1.54, 1.807) is 0 Å². The Morgan fingerprint density at radius 2 is 1.48 bits per heavy atom. The van der Waals surface area contributed by atoms with Crippen LogP contribution >= 0.6 is 0 Å². The standard InChI is InChI=1S/C43H65N3O7Si/c1-28-25-33(39(48)45-34-20-22-35(23-21-34)53-54(9,10)43(5,6)7)19-24-36(28)31-15-11-29(12-16-31)26-37(40(49)51-8)46-38(47)32-17-13-30(14-18-32)27-44-41(50)52-42(2,3)4/h11-12,15-16,19,24-25,30,32,34-35,37H,13-14,17-18,20-23,26-27H2,1-10H3,(H,44,50)(H,45,48)(H,46,47). The van der Waals surface area contributed by atoms with Crippen molar-refractivity contribution in [1.29, 1.82) is 0 Å². The Morgan fingerprint density at radius 3 is 2.04 bits per heavy atom. The van der Waals surface area contributed by atoms with Gasteiger partial charge < -0.3 is 29.9 Å². The minimum atomic E-state index is -1.81. The average Bonchev–Trinajstić information content (AvgIpc) is 3.10. The number of benzene rings is 2. The van der Waals surface area contributed by atoms with E-state index < -0.39 is 32.0 Å². The zero-order chi connectivity index (χ0) is 39.8. The Morgan fingerprint density at radius 1 is 0.852 bits per heavy atom. The number of methoxy groups -OCH3 is 1. The number of alkyl carbamates (subject to hydrolysis) is 1. The molecule has 2 aromatic carbocycles. The summed E-state index contributed by atoms with van der Waals surface area (Å²) in [4.78, 5) is 51.3. The summed E-state index contributed by atoms with van der Waals surface area (Å²) in [5.74, 6) is -0.611. The van der Waals surface area contributed by atoms with Crippen LogP contribution in [0.5, 0.6) is 0 Å². The SMILES string of the molecule is COC(=O)C(Cc1ccc(-c2ccc(C(=O)NC3CCC(O[Si](C)(C)C(C)(C)C)CC3)cc2C)cc1)NC(=O)C1CCC(CNC(=O)OC(C)(C)C)CC1. The third-order valence-electron chi connectivity index (χ3n) is 11.4. The maximum Gasteiger partial charge on any atom is 0.407 e. The van der Waals surface area contributed by atoms with Gasteiger partial charge in [0.25, 0.3) is 5.91 Å². The van der Waals surface area contributed by atoms with Crippen molar-refractivity contribution in [3.8, 4) is 11.1 Å². The zero-order valence-corrected chi connectivity index (χ0v) is 35.4. The minimum absolute atomic E-state index is 0.0482. The van der Waals surface area contributed by atoms with E-state index in [-0.39, 0.29) is 40.8 Å². The average molecular weight is 764 g/mol. The third kappa shape index (κ3) is 12.4. The molecule has 298 valence electrons. The van der Waals surface area contributed by atoms with Crippen LogP contribution in [-0.2, 0) is 29.9 Å². The lowest BCUT2D eigenvalue weighted by atomic mass is 9.81. The molecular weight excluding hydrogens is 699 g/mol. The van der Waals surface area contributed by atoms with Gasteiger partial charge in [0.1, 0.15) is 11.6 Å². The van der Waals surface area contributed by atoms with Crippen LogP contribution in [0.4, 0.5) is 4.79 Å². The molecule has 0 bridgehead atoms. The highest BCUT2D eigenvalue weighted by Crippen LogP contribution is 2.39. The Kier molecular flexibility index (Phi) is 14.6. The number of aryl methyl sites for hydroxylation is 1. The summed E-state index contributed by atoms with van der Waals surface area (Å²) >= 11 is 0. The highest BCUT2D eigenvalue weighted by Gasteiger charge is 2.40. The Hall–Kier alpha value is -3.70. The van der Waals surface area contributed by atoms with Crippen molar-refractivity contribution in [2.45, 2.75) is 148 Å². The molecule has 1 atom stereocenters. The number of rotatable bonds is 12. The maximum atomic E-state index is 13.3. The molecule has 1 unspecified atom stereocenters. The summed E-state index contributed by atoms with van der Waals surface area (Å²) in [5.41, 5.74) is 4.01. The molecule has 11 heteroatoms. The van der Waals surface area contributed by atoms with Gasteiger partial charge >= 0.3 is 12.1 Å². The van der Waals surface area contributed by atoms with Gasteiger partial charge in [0, 0.05) is 36.6 Å². The van der Waals surface area contributed by atoms with Gasteiger partial charge in [0.15, 0.2) is 8.32 Å². The van der Waals surface area contributed by atoms with E-state index in [1.165, 1.54) is 7.11 Å². The van der Waals surface area contributed by atoms with Gasteiger partial charge in [0.2, 0.25) is 5.91 Å². The lowest BCUT2D eigenvalue weighted by Crippen LogP contribution is -2.46. The topological polar surface area (TPSA) is 132 Å². The second-order valence-corrected chi connectivity index (χ2v) is 22.7. The molecule has 0 radical (unpaired) electrons. The molecule has 4 rings (SSSR count). The second kappa shape index (κ2) is 18.3. The van der Waals surface area contributed by atoms with E-state index in [0.717, 1.165) is 60.8 Å². The molecule has 2 saturated carbocycles. The summed E-state index contributed by atoms with van der Waals surface area (Å²) in [6.07, 6.45) is 6.90. The third-order valence-corrected chi connectivity index (χ3v) is 16.0. The Bertz CT molecular complexity index is 1600. The normalized spacial score (nSPS) is 21.4. The molecule has 3 N–H and O–H groups in total. The lowest BCUT2D eigenvalue weighted by molar-refractivity contribution is -0.145.